The zero-order chi connectivity index (χ0) is 19.7. The van der Waals surface area contributed by atoms with Gasteiger partial charge >= 0.3 is 0 Å². The molecule has 2 N–H and O–H groups in total. The third kappa shape index (κ3) is 3.45. The lowest BCUT2D eigenvalue weighted by atomic mass is 10.0. The van der Waals surface area contributed by atoms with Gasteiger partial charge in [0.15, 0.2) is 0 Å². The van der Waals surface area contributed by atoms with Crippen molar-refractivity contribution in [3.05, 3.63) is 64.8 Å². The summed E-state index contributed by atoms with van der Waals surface area (Å²) in [6, 6.07) is 16.5. The van der Waals surface area contributed by atoms with Crippen molar-refractivity contribution in [3.63, 3.8) is 0 Å². The van der Waals surface area contributed by atoms with Crippen LogP contribution in [0.4, 0.5) is 11.5 Å². The van der Waals surface area contributed by atoms with Crippen molar-refractivity contribution in [2.75, 3.05) is 10.6 Å². The number of carbonyl (C=O) groups excluding carboxylic acids is 2. The first-order chi connectivity index (χ1) is 13.6. The summed E-state index contributed by atoms with van der Waals surface area (Å²) >= 11 is 3.37. The number of rotatable bonds is 5. The standard InChI is InChI=1S/C21H19BrN4O2/c1-2-16-19(13-6-4-3-5-7-13)20-24-21(28)17(26(20)25-16)12-18(27)23-15-10-8-14(22)9-11-15/h3-11,17H,2,12H2,1H3,(H,23,27)(H,24,28). The Bertz CT molecular complexity index is 1030. The quantitative estimate of drug-likeness (QED) is 0.619. The van der Waals surface area contributed by atoms with E-state index in [2.05, 4.69) is 31.7 Å². The van der Waals surface area contributed by atoms with Crippen molar-refractivity contribution in [2.45, 2.75) is 25.8 Å². The Morgan fingerprint density at radius 1 is 1.18 bits per heavy atom. The lowest BCUT2D eigenvalue weighted by Crippen LogP contribution is -2.23. The zero-order valence-corrected chi connectivity index (χ0v) is 16.9. The van der Waals surface area contributed by atoms with Crippen molar-refractivity contribution in [3.8, 4) is 11.1 Å². The van der Waals surface area contributed by atoms with Crippen LogP contribution >= 0.6 is 15.9 Å². The van der Waals surface area contributed by atoms with Gasteiger partial charge in [0.1, 0.15) is 11.9 Å². The number of amides is 2. The third-order valence-electron chi connectivity index (χ3n) is 4.73. The van der Waals surface area contributed by atoms with Crippen LogP contribution < -0.4 is 10.6 Å². The number of benzene rings is 2. The number of nitrogens with one attached hydrogen (secondary N) is 2. The fourth-order valence-corrected chi connectivity index (χ4v) is 3.66. The van der Waals surface area contributed by atoms with E-state index >= 15 is 0 Å². The molecular weight excluding hydrogens is 420 g/mol. The first-order valence-electron chi connectivity index (χ1n) is 9.10. The van der Waals surface area contributed by atoms with E-state index in [1.54, 1.807) is 16.8 Å². The van der Waals surface area contributed by atoms with Gasteiger partial charge < -0.3 is 10.6 Å². The summed E-state index contributed by atoms with van der Waals surface area (Å²) in [4.78, 5) is 25.0. The van der Waals surface area contributed by atoms with E-state index in [0.717, 1.165) is 27.7 Å². The second kappa shape index (κ2) is 7.59. The normalized spacial score (nSPS) is 15.2. The Balaban J connectivity index is 1.59. The van der Waals surface area contributed by atoms with Crippen molar-refractivity contribution in [2.24, 2.45) is 0 Å². The average Bonchev–Trinajstić information content (AvgIpc) is 3.20. The van der Waals surface area contributed by atoms with E-state index in [1.807, 2.05) is 49.4 Å². The second-order valence-electron chi connectivity index (χ2n) is 6.60. The largest absolute Gasteiger partial charge is 0.326 e. The molecule has 1 unspecified atom stereocenters. The van der Waals surface area contributed by atoms with Crippen LogP contribution in [0.25, 0.3) is 11.1 Å². The minimum atomic E-state index is -0.659. The summed E-state index contributed by atoms with van der Waals surface area (Å²) in [6.07, 6.45) is 0.756. The second-order valence-corrected chi connectivity index (χ2v) is 7.51. The fourth-order valence-electron chi connectivity index (χ4n) is 3.39. The van der Waals surface area contributed by atoms with Gasteiger partial charge in [0.05, 0.1) is 12.1 Å². The number of halogens is 1. The SMILES string of the molecule is CCc1nn2c(c1-c1ccccc1)NC(=O)C2CC(=O)Nc1ccc(Br)cc1. The van der Waals surface area contributed by atoms with E-state index in [4.69, 9.17) is 0 Å². The molecule has 0 bridgehead atoms. The summed E-state index contributed by atoms with van der Waals surface area (Å²) in [5.41, 5.74) is 3.51. The highest BCUT2D eigenvalue weighted by Gasteiger charge is 2.36. The molecule has 7 heteroatoms. The van der Waals surface area contributed by atoms with Gasteiger partial charge in [0.2, 0.25) is 5.91 Å². The van der Waals surface area contributed by atoms with Gasteiger partial charge in [-0.25, -0.2) is 4.68 Å². The number of fused-ring (bicyclic) bond motifs is 1. The molecule has 1 aliphatic rings. The Morgan fingerprint density at radius 2 is 1.89 bits per heavy atom. The summed E-state index contributed by atoms with van der Waals surface area (Å²) in [5.74, 6) is 0.216. The summed E-state index contributed by atoms with van der Waals surface area (Å²) in [6.45, 7) is 2.03. The molecule has 1 aliphatic heterocycles. The molecule has 3 aromatic rings. The Kier molecular flexibility index (Phi) is 5.00. The minimum Gasteiger partial charge on any atom is -0.326 e. The van der Waals surface area contributed by atoms with Crippen molar-refractivity contribution < 1.29 is 9.59 Å². The fraction of sp³-hybridized carbons (Fsp3) is 0.190. The molecule has 2 aromatic carbocycles. The number of carbonyl (C=O) groups is 2. The number of hydrogen-bond donors (Lipinski definition) is 2. The van der Waals surface area contributed by atoms with E-state index in [1.165, 1.54) is 0 Å². The van der Waals surface area contributed by atoms with Gasteiger partial charge in [-0.1, -0.05) is 53.2 Å². The van der Waals surface area contributed by atoms with E-state index < -0.39 is 6.04 Å². The third-order valence-corrected chi connectivity index (χ3v) is 5.26. The number of anilines is 2. The van der Waals surface area contributed by atoms with E-state index in [0.29, 0.717) is 11.5 Å². The molecule has 6 nitrogen and oxygen atoms in total. The molecule has 1 atom stereocenters. The minimum absolute atomic E-state index is 0.0218. The predicted molar refractivity (Wildman–Crippen MR) is 112 cm³/mol. The highest BCUT2D eigenvalue weighted by atomic mass is 79.9. The Morgan fingerprint density at radius 3 is 2.57 bits per heavy atom. The molecule has 142 valence electrons. The van der Waals surface area contributed by atoms with Crippen LogP contribution in [-0.4, -0.2) is 21.6 Å². The van der Waals surface area contributed by atoms with E-state index in [9.17, 15) is 9.59 Å². The topological polar surface area (TPSA) is 76.0 Å². The van der Waals surface area contributed by atoms with Crippen molar-refractivity contribution >= 4 is 39.2 Å². The van der Waals surface area contributed by atoms with Crippen LogP contribution in [0.3, 0.4) is 0 Å². The molecule has 28 heavy (non-hydrogen) atoms. The maximum Gasteiger partial charge on any atom is 0.251 e. The first kappa shape index (κ1) is 18.4. The number of hydrogen-bond acceptors (Lipinski definition) is 3. The summed E-state index contributed by atoms with van der Waals surface area (Å²) in [5, 5.41) is 10.4. The maximum atomic E-state index is 12.5. The Labute approximate surface area is 171 Å². The summed E-state index contributed by atoms with van der Waals surface area (Å²) < 4.78 is 2.59. The monoisotopic (exact) mass is 438 g/mol. The van der Waals surface area contributed by atoms with Crippen molar-refractivity contribution in [1.82, 2.24) is 9.78 Å². The molecule has 0 saturated heterocycles. The van der Waals surface area contributed by atoms with Crippen molar-refractivity contribution in [1.29, 1.82) is 0 Å². The number of aryl methyl sites for hydroxylation is 1. The van der Waals surface area contributed by atoms with Gasteiger partial charge in [0.25, 0.3) is 5.91 Å². The smallest absolute Gasteiger partial charge is 0.251 e. The van der Waals surface area contributed by atoms with Crippen LogP contribution in [0.15, 0.2) is 59.1 Å². The molecule has 0 fully saturated rings. The zero-order valence-electron chi connectivity index (χ0n) is 15.3. The Hall–Kier alpha value is -2.93. The molecule has 4 rings (SSSR count). The lowest BCUT2D eigenvalue weighted by Gasteiger charge is -2.10. The number of aromatic nitrogens is 2. The van der Waals surface area contributed by atoms with Crippen LogP contribution in [0.2, 0.25) is 0 Å². The highest BCUT2D eigenvalue weighted by molar-refractivity contribution is 9.10. The molecule has 1 aromatic heterocycles. The first-order valence-corrected chi connectivity index (χ1v) is 9.89. The van der Waals surface area contributed by atoms with E-state index in [-0.39, 0.29) is 18.2 Å². The van der Waals surface area contributed by atoms with Crippen LogP contribution in [0.1, 0.15) is 25.1 Å². The predicted octanol–water partition coefficient (Wildman–Crippen LogP) is 4.40. The van der Waals surface area contributed by atoms with Crippen LogP contribution in [0.5, 0.6) is 0 Å². The maximum absolute atomic E-state index is 12.5. The average molecular weight is 439 g/mol. The molecule has 0 saturated carbocycles. The summed E-state index contributed by atoms with van der Waals surface area (Å²) in [7, 11) is 0. The highest BCUT2D eigenvalue weighted by Crippen LogP contribution is 2.38. The molecule has 0 aliphatic carbocycles. The van der Waals surface area contributed by atoms with Crippen LogP contribution in [-0.2, 0) is 16.0 Å². The van der Waals surface area contributed by atoms with Crippen LogP contribution in [0, 0.1) is 0 Å². The lowest BCUT2D eigenvalue weighted by molar-refractivity contribution is -0.123. The molecule has 0 radical (unpaired) electrons. The van der Waals surface area contributed by atoms with Gasteiger partial charge in [-0.05, 0) is 36.2 Å². The van der Waals surface area contributed by atoms with Gasteiger partial charge in [-0.15, -0.1) is 0 Å². The molecule has 0 spiro atoms. The van der Waals surface area contributed by atoms with Gasteiger partial charge in [-0.3, -0.25) is 9.59 Å². The molecular formula is C21H19BrN4O2. The van der Waals surface area contributed by atoms with Gasteiger partial charge in [0, 0.05) is 15.7 Å². The van der Waals surface area contributed by atoms with Gasteiger partial charge in [-0.2, -0.15) is 5.10 Å². The molecule has 2 amide bonds. The number of nitrogens with zero attached hydrogens (tertiary/aromatic N) is 2. The molecule has 2 heterocycles.